The molecule has 0 unspecified atom stereocenters. The third-order valence-electron chi connectivity index (χ3n) is 6.57. The second-order valence-electron chi connectivity index (χ2n) is 9.22. The van der Waals surface area contributed by atoms with Crippen LogP contribution in [-0.2, 0) is 6.54 Å². The maximum atomic E-state index is 6.31. The number of aryl methyl sites for hydroxylation is 2. The molecule has 5 rings (SSSR count). The lowest BCUT2D eigenvalue weighted by Gasteiger charge is -2.24. The molecule has 4 aromatic rings. The van der Waals surface area contributed by atoms with Crippen molar-refractivity contribution < 1.29 is 9.47 Å². The summed E-state index contributed by atoms with van der Waals surface area (Å²) in [5, 5.41) is 0. The van der Waals surface area contributed by atoms with Gasteiger partial charge in [-0.1, -0.05) is 30.2 Å². The highest BCUT2D eigenvalue weighted by Gasteiger charge is 2.26. The van der Waals surface area contributed by atoms with Crippen LogP contribution >= 0.6 is 0 Å². The fourth-order valence-corrected chi connectivity index (χ4v) is 4.49. The Bertz CT molecular complexity index is 1420. The zero-order valence-electron chi connectivity index (χ0n) is 21.0. The number of aromatic nitrogens is 3. The fraction of sp³-hybridized carbons (Fsp3) is 0.300. The van der Waals surface area contributed by atoms with Crippen LogP contribution in [0.3, 0.4) is 0 Å². The summed E-state index contributed by atoms with van der Waals surface area (Å²) in [4.78, 5) is 16.3. The molecule has 2 aromatic heterocycles. The van der Waals surface area contributed by atoms with Gasteiger partial charge < -0.3 is 9.47 Å². The minimum Gasteiger partial charge on any atom is -0.497 e. The van der Waals surface area contributed by atoms with Crippen molar-refractivity contribution in [2.45, 2.75) is 39.3 Å². The summed E-state index contributed by atoms with van der Waals surface area (Å²) in [5.41, 5.74) is 6.32. The van der Waals surface area contributed by atoms with Crippen LogP contribution in [0.25, 0.3) is 11.2 Å². The second kappa shape index (κ2) is 10.8. The first-order valence-corrected chi connectivity index (χ1v) is 12.3. The number of hydrogen-bond donors (Lipinski definition) is 0. The Kier molecular flexibility index (Phi) is 7.11. The summed E-state index contributed by atoms with van der Waals surface area (Å²) in [6, 6.07) is 18.6. The van der Waals surface area contributed by atoms with Gasteiger partial charge in [0, 0.05) is 24.3 Å². The summed E-state index contributed by atoms with van der Waals surface area (Å²) in [6.07, 6.45) is 3.95. The first-order valence-electron chi connectivity index (χ1n) is 12.3. The average Bonchev–Trinajstić information content (AvgIpc) is 3.34. The Balaban J connectivity index is 1.37. The molecule has 0 radical (unpaired) electrons. The molecule has 0 aliphatic carbocycles. The van der Waals surface area contributed by atoms with E-state index in [1.807, 2.05) is 24.3 Å². The lowest BCUT2D eigenvalue weighted by molar-refractivity contribution is 0.163. The Labute approximate surface area is 212 Å². The molecule has 0 bridgehead atoms. The Morgan fingerprint density at radius 2 is 1.89 bits per heavy atom. The monoisotopic (exact) mass is 478 g/mol. The van der Waals surface area contributed by atoms with E-state index in [1.54, 1.807) is 13.3 Å². The summed E-state index contributed by atoms with van der Waals surface area (Å²) in [5.74, 6) is 7.82. The molecule has 0 saturated carbocycles. The summed E-state index contributed by atoms with van der Waals surface area (Å²) in [7, 11) is 1.69. The van der Waals surface area contributed by atoms with Crippen LogP contribution in [0.4, 0.5) is 0 Å². The molecule has 3 heterocycles. The Morgan fingerprint density at radius 1 is 1.03 bits per heavy atom. The van der Waals surface area contributed by atoms with E-state index in [0.29, 0.717) is 35.4 Å². The number of benzene rings is 2. The van der Waals surface area contributed by atoms with Gasteiger partial charge in [0.25, 0.3) is 0 Å². The Hall–Kier alpha value is -3.95. The number of ether oxygens (including phenoxy) is 2. The highest BCUT2D eigenvalue weighted by atomic mass is 16.5. The van der Waals surface area contributed by atoms with Crippen molar-refractivity contribution >= 4 is 11.2 Å². The number of nitrogens with zero attached hydrogens (tertiary/aromatic N) is 4. The van der Waals surface area contributed by atoms with Crippen LogP contribution in [-0.4, -0.2) is 46.2 Å². The van der Waals surface area contributed by atoms with Crippen LogP contribution in [0, 0.1) is 25.7 Å². The number of likely N-dealkylation sites (tertiary alicyclic amines) is 1. The van der Waals surface area contributed by atoms with Crippen molar-refractivity contribution in [1.82, 2.24) is 19.9 Å². The van der Waals surface area contributed by atoms with Crippen LogP contribution in [0.1, 0.15) is 40.8 Å². The van der Waals surface area contributed by atoms with Crippen LogP contribution in [0.15, 0.2) is 60.8 Å². The number of fused-ring (bicyclic) bond motifs is 1. The van der Waals surface area contributed by atoms with E-state index in [0.717, 1.165) is 42.8 Å². The molecular weight excluding hydrogens is 448 g/mol. The molecule has 0 spiro atoms. The van der Waals surface area contributed by atoms with Crippen LogP contribution < -0.4 is 9.47 Å². The maximum absolute atomic E-state index is 6.31. The third kappa shape index (κ3) is 5.48. The van der Waals surface area contributed by atoms with Gasteiger partial charge in [-0.3, -0.25) is 4.90 Å². The molecule has 6 nitrogen and oxygen atoms in total. The molecule has 6 heteroatoms. The predicted molar refractivity (Wildman–Crippen MR) is 141 cm³/mol. The SMILES string of the molecule is COc1ccc(CN2CCC[C@@H]2COc2nc3cccnc3nc2C#Cc2cc(C)ccc2C)cc1. The molecule has 1 fully saturated rings. The number of methoxy groups -OCH3 is 1. The topological polar surface area (TPSA) is 60.4 Å². The molecule has 2 aromatic carbocycles. The van der Waals surface area contributed by atoms with E-state index < -0.39 is 0 Å². The average molecular weight is 479 g/mol. The second-order valence-corrected chi connectivity index (χ2v) is 9.22. The van der Waals surface area contributed by atoms with Crippen molar-refractivity contribution in [2.75, 3.05) is 20.3 Å². The van der Waals surface area contributed by atoms with Gasteiger partial charge in [0.2, 0.25) is 5.88 Å². The highest BCUT2D eigenvalue weighted by Crippen LogP contribution is 2.24. The van der Waals surface area contributed by atoms with Gasteiger partial charge in [-0.05, 0) is 86.2 Å². The smallest absolute Gasteiger partial charge is 0.249 e. The van der Waals surface area contributed by atoms with Crippen LogP contribution in [0.5, 0.6) is 11.6 Å². The van der Waals surface area contributed by atoms with E-state index in [-0.39, 0.29) is 0 Å². The summed E-state index contributed by atoms with van der Waals surface area (Å²) in [6.45, 7) is 6.59. The molecule has 182 valence electrons. The van der Waals surface area contributed by atoms with Gasteiger partial charge >= 0.3 is 0 Å². The maximum Gasteiger partial charge on any atom is 0.249 e. The van der Waals surface area contributed by atoms with Crippen molar-refractivity contribution in [1.29, 1.82) is 0 Å². The molecule has 0 amide bonds. The molecule has 1 aliphatic rings. The number of pyridine rings is 1. The number of rotatable bonds is 6. The quantitative estimate of drug-likeness (QED) is 0.360. The van der Waals surface area contributed by atoms with Gasteiger partial charge in [0.05, 0.1) is 7.11 Å². The van der Waals surface area contributed by atoms with Gasteiger partial charge in [-0.15, -0.1) is 0 Å². The van der Waals surface area contributed by atoms with Crippen molar-refractivity contribution in [3.63, 3.8) is 0 Å². The Morgan fingerprint density at radius 3 is 2.72 bits per heavy atom. The highest BCUT2D eigenvalue weighted by molar-refractivity contribution is 5.71. The summed E-state index contributed by atoms with van der Waals surface area (Å²) >= 11 is 0. The van der Waals surface area contributed by atoms with Crippen molar-refractivity contribution in [3.05, 3.63) is 88.7 Å². The molecule has 1 saturated heterocycles. The lowest BCUT2D eigenvalue weighted by atomic mass is 10.1. The molecule has 0 N–H and O–H groups in total. The van der Waals surface area contributed by atoms with Gasteiger partial charge in [0.1, 0.15) is 17.9 Å². The third-order valence-corrected chi connectivity index (χ3v) is 6.57. The van der Waals surface area contributed by atoms with E-state index in [4.69, 9.17) is 19.4 Å². The zero-order valence-corrected chi connectivity index (χ0v) is 21.0. The molecular formula is C30H30N4O2. The first kappa shape index (κ1) is 23.8. The summed E-state index contributed by atoms with van der Waals surface area (Å²) < 4.78 is 11.6. The lowest BCUT2D eigenvalue weighted by Crippen LogP contribution is -2.34. The van der Waals surface area contributed by atoms with E-state index in [2.05, 4.69) is 65.9 Å². The van der Waals surface area contributed by atoms with Crippen molar-refractivity contribution in [2.24, 2.45) is 0 Å². The van der Waals surface area contributed by atoms with E-state index >= 15 is 0 Å². The normalized spacial score (nSPS) is 15.5. The minimum atomic E-state index is 0.304. The minimum absolute atomic E-state index is 0.304. The number of hydrogen-bond acceptors (Lipinski definition) is 6. The largest absolute Gasteiger partial charge is 0.497 e. The van der Waals surface area contributed by atoms with E-state index in [9.17, 15) is 0 Å². The van der Waals surface area contributed by atoms with Gasteiger partial charge in [0.15, 0.2) is 11.3 Å². The van der Waals surface area contributed by atoms with Gasteiger partial charge in [-0.25, -0.2) is 15.0 Å². The fourth-order valence-electron chi connectivity index (χ4n) is 4.49. The standard InChI is InChI=1S/C30H30N4O2/c1-21-8-9-22(2)24(18-21)12-15-28-30(33-27-7-4-16-31-29(27)32-28)36-20-25-6-5-17-34(25)19-23-10-13-26(35-3)14-11-23/h4,7-11,13-14,16,18,25H,5-6,17,19-20H2,1-3H3/t25-/m1/s1. The molecule has 36 heavy (non-hydrogen) atoms. The molecule has 1 atom stereocenters. The van der Waals surface area contributed by atoms with Gasteiger partial charge in [-0.2, -0.15) is 0 Å². The molecule has 1 aliphatic heterocycles. The zero-order chi connectivity index (χ0) is 24.9. The first-order chi connectivity index (χ1) is 17.6. The van der Waals surface area contributed by atoms with Crippen molar-refractivity contribution in [3.8, 4) is 23.5 Å². The van der Waals surface area contributed by atoms with E-state index in [1.165, 1.54) is 11.1 Å². The van der Waals surface area contributed by atoms with Crippen LogP contribution in [0.2, 0.25) is 0 Å². The predicted octanol–water partition coefficient (Wildman–Crippen LogP) is 5.09.